The highest BCUT2D eigenvalue weighted by Gasteiger charge is 2.32. The number of aromatic nitrogens is 3. The number of hydrogen-bond donors (Lipinski definition) is 0. The van der Waals surface area contributed by atoms with E-state index >= 15 is 0 Å². The van der Waals surface area contributed by atoms with Gasteiger partial charge in [-0.15, -0.1) is 10.2 Å². The third kappa shape index (κ3) is 4.27. The van der Waals surface area contributed by atoms with Gasteiger partial charge in [-0.05, 0) is 68.6 Å². The first-order valence-corrected chi connectivity index (χ1v) is 11.7. The van der Waals surface area contributed by atoms with Gasteiger partial charge < -0.3 is 14.4 Å². The van der Waals surface area contributed by atoms with Crippen molar-refractivity contribution in [3.8, 4) is 11.5 Å². The molecule has 3 aromatic rings. The normalized spacial score (nSPS) is 19.8. The zero-order valence-corrected chi connectivity index (χ0v) is 19.3. The average molecular weight is 450 g/mol. The van der Waals surface area contributed by atoms with E-state index in [2.05, 4.69) is 19.5 Å². The quantitative estimate of drug-likeness (QED) is 0.575. The van der Waals surface area contributed by atoms with Crippen LogP contribution < -0.4 is 9.47 Å². The molecule has 2 aliphatic heterocycles. The van der Waals surface area contributed by atoms with Gasteiger partial charge in [0, 0.05) is 18.7 Å². The number of methoxy groups -OCH3 is 2. The number of pyridine rings is 1. The lowest BCUT2D eigenvalue weighted by atomic mass is 9.96. The van der Waals surface area contributed by atoms with Crippen LogP contribution in [0.3, 0.4) is 0 Å². The predicted molar refractivity (Wildman–Crippen MR) is 125 cm³/mol. The van der Waals surface area contributed by atoms with Crippen LogP contribution in [0.15, 0.2) is 42.6 Å². The molecular weight excluding hydrogens is 418 g/mol. The van der Waals surface area contributed by atoms with E-state index in [1.165, 1.54) is 0 Å². The van der Waals surface area contributed by atoms with Crippen molar-refractivity contribution in [2.45, 2.75) is 37.6 Å². The van der Waals surface area contributed by atoms with Gasteiger partial charge in [0.1, 0.15) is 5.82 Å². The molecule has 2 fully saturated rings. The zero-order valence-electron chi connectivity index (χ0n) is 19.3. The summed E-state index contributed by atoms with van der Waals surface area (Å²) in [6.45, 7) is 3.07. The maximum Gasteiger partial charge on any atom is 0.237 e. The number of hydrogen-bond acceptors (Lipinski definition) is 6. The van der Waals surface area contributed by atoms with Crippen LogP contribution >= 0.6 is 0 Å². The highest BCUT2D eigenvalue weighted by atomic mass is 16.5. The third-order valence-corrected chi connectivity index (χ3v) is 7.02. The first-order valence-electron chi connectivity index (χ1n) is 11.7. The first kappa shape index (κ1) is 21.7. The van der Waals surface area contributed by atoms with Crippen LogP contribution in [0.25, 0.3) is 5.65 Å². The molecule has 0 radical (unpaired) electrons. The monoisotopic (exact) mass is 449 g/mol. The number of fused-ring (bicyclic) bond motifs is 1. The van der Waals surface area contributed by atoms with Crippen molar-refractivity contribution in [2.75, 3.05) is 40.4 Å². The number of benzene rings is 1. The van der Waals surface area contributed by atoms with E-state index in [0.29, 0.717) is 24.0 Å². The standard InChI is InChI=1S/C25H31N5O3/c1-32-21-9-8-19(16-22(21)33-2)20-6-5-13-29(20)24(31)17-28-14-10-18(11-15-28)25-27-26-23-7-3-4-12-30(23)25/h3-4,7-9,12,16,18,20H,5-6,10-11,13-15,17H2,1-2H3. The third-order valence-electron chi connectivity index (χ3n) is 7.02. The Morgan fingerprint density at radius 2 is 1.82 bits per heavy atom. The number of piperidine rings is 1. The molecule has 4 heterocycles. The molecule has 2 aromatic heterocycles. The number of carbonyl (C=O) groups is 1. The Bertz CT molecular complexity index is 1120. The summed E-state index contributed by atoms with van der Waals surface area (Å²) in [4.78, 5) is 17.6. The summed E-state index contributed by atoms with van der Waals surface area (Å²) in [5.74, 6) is 3.03. The lowest BCUT2D eigenvalue weighted by molar-refractivity contribution is -0.133. The van der Waals surface area contributed by atoms with Crippen molar-refractivity contribution in [3.63, 3.8) is 0 Å². The minimum atomic E-state index is 0.0946. The fourth-order valence-electron chi connectivity index (χ4n) is 5.24. The summed E-state index contributed by atoms with van der Waals surface area (Å²) >= 11 is 0. The average Bonchev–Trinajstić information content (AvgIpc) is 3.52. The largest absolute Gasteiger partial charge is 0.493 e. The van der Waals surface area contributed by atoms with E-state index in [1.807, 2.05) is 47.5 Å². The minimum absolute atomic E-state index is 0.0946. The van der Waals surface area contributed by atoms with Gasteiger partial charge in [0.15, 0.2) is 17.1 Å². The van der Waals surface area contributed by atoms with E-state index in [9.17, 15) is 4.79 Å². The van der Waals surface area contributed by atoms with E-state index in [0.717, 1.165) is 62.4 Å². The SMILES string of the molecule is COc1ccc(C2CCCN2C(=O)CN2CCC(c3nnc4ccccn34)CC2)cc1OC. The second-order valence-electron chi connectivity index (χ2n) is 8.90. The molecule has 8 nitrogen and oxygen atoms in total. The molecule has 8 heteroatoms. The molecule has 5 rings (SSSR count). The highest BCUT2D eigenvalue weighted by molar-refractivity contribution is 5.79. The fourth-order valence-corrected chi connectivity index (χ4v) is 5.24. The molecule has 2 aliphatic rings. The number of ether oxygens (including phenoxy) is 2. The molecule has 2 saturated heterocycles. The molecule has 0 saturated carbocycles. The van der Waals surface area contributed by atoms with E-state index in [1.54, 1.807) is 14.2 Å². The minimum Gasteiger partial charge on any atom is -0.493 e. The van der Waals surface area contributed by atoms with Crippen LogP contribution in [0.5, 0.6) is 11.5 Å². The van der Waals surface area contributed by atoms with Crippen LogP contribution in [0, 0.1) is 0 Å². The lowest BCUT2D eigenvalue weighted by Crippen LogP contribution is -2.43. The Balaban J connectivity index is 1.21. The topological polar surface area (TPSA) is 72.2 Å². The molecule has 1 unspecified atom stereocenters. The van der Waals surface area contributed by atoms with Gasteiger partial charge in [-0.3, -0.25) is 14.1 Å². The van der Waals surface area contributed by atoms with Crippen molar-refractivity contribution in [1.82, 2.24) is 24.4 Å². The molecule has 1 amide bonds. The van der Waals surface area contributed by atoms with Crippen LogP contribution in [0.4, 0.5) is 0 Å². The fraction of sp³-hybridized carbons (Fsp3) is 0.480. The Morgan fingerprint density at radius 1 is 1.00 bits per heavy atom. The second-order valence-corrected chi connectivity index (χ2v) is 8.90. The number of nitrogens with zero attached hydrogens (tertiary/aromatic N) is 5. The molecule has 174 valence electrons. The number of rotatable bonds is 6. The smallest absolute Gasteiger partial charge is 0.237 e. The molecule has 0 N–H and O–H groups in total. The van der Waals surface area contributed by atoms with Gasteiger partial charge >= 0.3 is 0 Å². The van der Waals surface area contributed by atoms with E-state index < -0.39 is 0 Å². The lowest BCUT2D eigenvalue weighted by Gasteiger charge is -2.33. The van der Waals surface area contributed by atoms with Gasteiger partial charge in [0.2, 0.25) is 5.91 Å². The maximum atomic E-state index is 13.3. The summed E-state index contributed by atoms with van der Waals surface area (Å²) in [6, 6.07) is 12.0. The Hall–Kier alpha value is -3.13. The van der Waals surface area contributed by atoms with Crippen molar-refractivity contribution in [1.29, 1.82) is 0 Å². The summed E-state index contributed by atoms with van der Waals surface area (Å²) < 4.78 is 12.9. The predicted octanol–water partition coefficient (Wildman–Crippen LogP) is 3.29. The Kier molecular flexibility index (Phi) is 6.17. The van der Waals surface area contributed by atoms with Crippen LogP contribution in [-0.2, 0) is 4.79 Å². The Morgan fingerprint density at radius 3 is 2.61 bits per heavy atom. The Labute approximate surface area is 194 Å². The van der Waals surface area contributed by atoms with Crippen molar-refractivity contribution >= 4 is 11.6 Å². The zero-order chi connectivity index (χ0) is 22.8. The van der Waals surface area contributed by atoms with Gasteiger partial charge in [0.25, 0.3) is 0 Å². The molecule has 0 spiro atoms. The molecule has 0 aliphatic carbocycles. The van der Waals surface area contributed by atoms with Crippen LogP contribution in [0.2, 0.25) is 0 Å². The van der Waals surface area contributed by atoms with Gasteiger partial charge in [-0.2, -0.15) is 0 Å². The van der Waals surface area contributed by atoms with Crippen molar-refractivity contribution < 1.29 is 14.3 Å². The molecular formula is C25H31N5O3. The summed E-state index contributed by atoms with van der Waals surface area (Å²) in [7, 11) is 3.28. The van der Waals surface area contributed by atoms with Crippen molar-refractivity contribution in [2.24, 2.45) is 0 Å². The van der Waals surface area contributed by atoms with Crippen LogP contribution in [0.1, 0.15) is 49.0 Å². The molecule has 1 atom stereocenters. The van der Waals surface area contributed by atoms with E-state index in [-0.39, 0.29) is 11.9 Å². The highest BCUT2D eigenvalue weighted by Crippen LogP contribution is 2.37. The van der Waals surface area contributed by atoms with Gasteiger partial charge in [-0.1, -0.05) is 12.1 Å². The summed E-state index contributed by atoms with van der Waals surface area (Å²) in [5.41, 5.74) is 2.00. The molecule has 1 aromatic carbocycles. The van der Waals surface area contributed by atoms with Gasteiger partial charge in [0.05, 0.1) is 26.8 Å². The summed E-state index contributed by atoms with van der Waals surface area (Å²) in [6.07, 6.45) is 6.00. The first-order chi connectivity index (χ1) is 16.2. The number of carbonyl (C=O) groups excluding carboxylic acids is 1. The molecule has 0 bridgehead atoms. The van der Waals surface area contributed by atoms with Gasteiger partial charge in [-0.25, -0.2) is 0 Å². The van der Waals surface area contributed by atoms with Crippen molar-refractivity contribution in [3.05, 3.63) is 54.0 Å². The summed E-state index contributed by atoms with van der Waals surface area (Å²) in [5, 5.41) is 8.73. The van der Waals surface area contributed by atoms with Crippen LogP contribution in [-0.4, -0.2) is 70.7 Å². The second kappa shape index (κ2) is 9.39. The maximum absolute atomic E-state index is 13.3. The number of amides is 1. The number of likely N-dealkylation sites (tertiary alicyclic amines) is 2. The van der Waals surface area contributed by atoms with E-state index in [4.69, 9.17) is 9.47 Å². The molecule has 33 heavy (non-hydrogen) atoms.